The number of methoxy groups -OCH3 is 1. The molecule has 3 aromatic rings. The summed E-state index contributed by atoms with van der Waals surface area (Å²) in [5.41, 5.74) is 0.938. The number of Topliss-reactive ketones (excluding diaryl/α,β-unsaturated/α-hetero) is 1. The van der Waals surface area contributed by atoms with Crippen molar-refractivity contribution >= 4 is 45.7 Å². The van der Waals surface area contributed by atoms with Crippen LogP contribution in [0.3, 0.4) is 0 Å². The third-order valence-corrected chi connectivity index (χ3v) is 6.82. The number of fused-ring (bicyclic) bond motifs is 1. The van der Waals surface area contributed by atoms with Crippen molar-refractivity contribution in [2.45, 2.75) is 24.8 Å². The highest BCUT2D eigenvalue weighted by Gasteiger charge is 2.20. The Morgan fingerprint density at radius 1 is 1.30 bits per heavy atom. The number of nitrogens with one attached hydrogen (secondary N) is 1. The maximum Gasteiger partial charge on any atom is 0.227 e. The first kappa shape index (κ1) is 21.7. The minimum atomic E-state index is -0.309. The summed E-state index contributed by atoms with van der Waals surface area (Å²) in [5.74, 6) is 0.779. The second kappa shape index (κ2) is 9.24. The lowest BCUT2D eigenvalue weighted by atomic mass is 10.1. The molecular formula is C21H20N4O3S2. The molecule has 0 saturated carbocycles. The van der Waals surface area contributed by atoms with Crippen LogP contribution in [0.25, 0.3) is 10.9 Å². The van der Waals surface area contributed by atoms with Gasteiger partial charge in [-0.3, -0.25) is 9.59 Å². The van der Waals surface area contributed by atoms with Gasteiger partial charge in [0.2, 0.25) is 5.91 Å². The number of ketones is 1. The molecule has 30 heavy (non-hydrogen) atoms. The molecule has 2 aromatic heterocycles. The zero-order valence-electron chi connectivity index (χ0n) is 17.0. The monoisotopic (exact) mass is 440 g/mol. The average molecular weight is 441 g/mol. The fourth-order valence-electron chi connectivity index (χ4n) is 2.94. The second-order valence-electron chi connectivity index (χ2n) is 6.48. The summed E-state index contributed by atoms with van der Waals surface area (Å²) >= 11 is 2.61. The van der Waals surface area contributed by atoms with Gasteiger partial charge in [0.25, 0.3) is 0 Å². The fraction of sp³-hybridized carbons (Fsp3) is 0.286. The molecule has 0 aliphatic heterocycles. The zero-order chi connectivity index (χ0) is 21.8. The molecule has 9 heteroatoms. The average Bonchev–Trinajstić information content (AvgIpc) is 3.25. The second-order valence-corrected chi connectivity index (χ2v) is 8.56. The van der Waals surface area contributed by atoms with E-state index in [4.69, 9.17) is 4.74 Å². The van der Waals surface area contributed by atoms with Crippen LogP contribution >= 0.6 is 23.1 Å². The number of hydrogen-bond donors (Lipinski definition) is 1. The van der Waals surface area contributed by atoms with Gasteiger partial charge < -0.3 is 10.1 Å². The molecule has 1 amide bonds. The van der Waals surface area contributed by atoms with Crippen LogP contribution in [0.1, 0.15) is 38.8 Å². The number of amides is 1. The highest BCUT2D eigenvalue weighted by Crippen LogP contribution is 2.35. The lowest BCUT2D eigenvalue weighted by Gasteiger charge is -2.11. The number of rotatable bonds is 7. The highest BCUT2D eigenvalue weighted by molar-refractivity contribution is 8.00. The summed E-state index contributed by atoms with van der Waals surface area (Å²) in [7, 11) is 3.14. The Morgan fingerprint density at radius 2 is 2.07 bits per heavy atom. The molecule has 3 rings (SSSR count). The first-order chi connectivity index (χ1) is 14.4. The molecular weight excluding hydrogens is 420 g/mol. The van der Waals surface area contributed by atoms with Crippen LogP contribution in [0, 0.1) is 18.3 Å². The van der Waals surface area contributed by atoms with E-state index in [1.54, 1.807) is 39.3 Å². The van der Waals surface area contributed by atoms with Crippen LogP contribution in [-0.2, 0) is 4.79 Å². The van der Waals surface area contributed by atoms with Crippen molar-refractivity contribution in [3.63, 3.8) is 0 Å². The number of thioether (sulfide) groups is 1. The molecule has 1 aromatic carbocycles. The maximum absolute atomic E-state index is 12.8. The third-order valence-electron chi connectivity index (χ3n) is 4.54. The maximum atomic E-state index is 12.8. The summed E-state index contributed by atoms with van der Waals surface area (Å²) < 4.78 is 5.44. The quantitative estimate of drug-likeness (QED) is 0.339. The number of likely N-dealkylation sites (N-methyl/N-ethyl adjacent to an activating group) is 1. The number of aryl methyl sites for hydroxylation is 1. The Bertz CT molecular complexity index is 1170. The largest absolute Gasteiger partial charge is 0.496 e. The van der Waals surface area contributed by atoms with Crippen molar-refractivity contribution in [3.8, 4) is 11.8 Å². The zero-order valence-corrected chi connectivity index (χ0v) is 18.6. The van der Waals surface area contributed by atoms with Gasteiger partial charge in [-0.2, -0.15) is 5.26 Å². The smallest absolute Gasteiger partial charge is 0.227 e. The number of carbonyl (C=O) groups excluding carboxylic acids is 2. The molecule has 0 spiro atoms. The van der Waals surface area contributed by atoms with E-state index in [2.05, 4.69) is 21.4 Å². The number of nitrogens with zero attached hydrogens (tertiary/aromatic N) is 3. The van der Waals surface area contributed by atoms with Gasteiger partial charge in [-0.1, -0.05) is 11.8 Å². The predicted octanol–water partition coefficient (Wildman–Crippen LogP) is 3.70. The number of nitriles is 1. The van der Waals surface area contributed by atoms with Gasteiger partial charge in [-0.05, 0) is 38.1 Å². The van der Waals surface area contributed by atoms with Crippen LogP contribution in [0.2, 0.25) is 0 Å². The molecule has 1 unspecified atom stereocenters. The summed E-state index contributed by atoms with van der Waals surface area (Å²) in [4.78, 5) is 34.9. The predicted molar refractivity (Wildman–Crippen MR) is 117 cm³/mol. The van der Waals surface area contributed by atoms with E-state index in [0.717, 1.165) is 4.88 Å². The van der Waals surface area contributed by atoms with E-state index in [9.17, 15) is 14.9 Å². The van der Waals surface area contributed by atoms with Crippen LogP contribution in [-0.4, -0.2) is 41.6 Å². The first-order valence-electron chi connectivity index (χ1n) is 9.12. The van der Waals surface area contributed by atoms with Crippen molar-refractivity contribution in [1.29, 1.82) is 5.26 Å². The summed E-state index contributed by atoms with van der Waals surface area (Å²) in [5, 5.41) is 13.3. The minimum Gasteiger partial charge on any atom is -0.496 e. The summed E-state index contributed by atoms with van der Waals surface area (Å²) in [6.45, 7) is 3.56. The van der Waals surface area contributed by atoms with E-state index in [-0.39, 0.29) is 23.4 Å². The number of ether oxygens (including phenoxy) is 1. The van der Waals surface area contributed by atoms with Gasteiger partial charge >= 0.3 is 0 Å². The van der Waals surface area contributed by atoms with Gasteiger partial charge in [-0.25, -0.2) is 9.97 Å². The molecule has 0 aliphatic carbocycles. The third kappa shape index (κ3) is 4.30. The molecule has 2 heterocycles. The standard InChI is InChI=1S/C21H20N4O3S2/c1-11(20(27)23-3)16-7-8-17(30-16)14(26)10-29-21-18-15(28-4)6-5-13(9-22)19(18)24-12(2)25-21/h5-8,11H,10H2,1-4H3,(H,23,27). The van der Waals surface area contributed by atoms with Crippen LogP contribution in [0.5, 0.6) is 5.75 Å². The Morgan fingerprint density at radius 3 is 2.73 bits per heavy atom. The van der Waals surface area contributed by atoms with E-state index in [0.29, 0.717) is 37.9 Å². The number of benzene rings is 1. The minimum absolute atomic E-state index is 0.0554. The van der Waals surface area contributed by atoms with Gasteiger partial charge in [0.05, 0.1) is 40.1 Å². The summed E-state index contributed by atoms with van der Waals surface area (Å²) in [6.07, 6.45) is 0. The number of hydrogen-bond acceptors (Lipinski definition) is 8. The lowest BCUT2D eigenvalue weighted by Crippen LogP contribution is -2.23. The normalized spacial score (nSPS) is 11.7. The lowest BCUT2D eigenvalue weighted by molar-refractivity contribution is -0.121. The molecule has 1 N–H and O–H groups in total. The SMILES string of the molecule is CNC(=O)C(C)c1ccc(C(=O)CSc2nc(C)nc3c(C#N)ccc(OC)c23)s1. The molecule has 7 nitrogen and oxygen atoms in total. The van der Waals surface area contributed by atoms with Crippen molar-refractivity contribution in [2.24, 2.45) is 0 Å². The number of thiophene rings is 1. The molecule has 0 saturated heterocycles. The van der Waals surface area contributed by atoms with Crippen LogP contribution in [0.4, 0.5) is 0 Å². The van der Waals surface area contributed by atoms with E-state index < -0.39 is 0 Å². The summed E-state index contributed by atoms with van der Waals surface area (Å²) in [6, 6.07) is 9.07. The van der Waals surface area contributed by atoms with Crippen molar-refractivity contribution in [2.75, 3.05) is 19.9 Å². The Hall–Kier alpha value is -2.96. The van der Waals surface area contributed by atoms with Crippen molar-refractivity contribution in [1.82, 2.24) is 15.3 Å². The topological polar surface area (TPSA) is 105 Å². The number of carbonyl (C=O) groups is 2. The Labute approximate surface area is 182 Å². The molecule has 154 valence electrons. The van der Waals surface area contributed by atoms with Crippen molar-refractivity contribution < 1.29 is 14.3 Å². The van der Waals surface area contributed by atoms with Gasteiger partial charge in [0.15, 0.2) is 5.78 Å². The van der Waals surface area contributed by atoms with Crippen LogP contribution in [0.15, 0.2) is 29.3 Å². The van der Waals surface area contributed by atoms with Gasteiger partial charge in [-0.15, -0.1) is 11.3 Å². The van der Waals surface area contributed by atoms with Crippen LogP contribution < -0.4 is 10.1 Å². The highest BCUT2D eigenvalue weighted by atomic mass is 32.2. The molecule has 0 radical (unpaired) electrons. The Kier molecular flexibility index (Phi) is 6.70. The molecule has 1 atom stereocenters. The van der Waals surface area contributed by atoms with Gasteiger partial charge in [0.1, 0.15) is 22.7 Å². The van der Waals surface area contributed by atoms with Crippen molar-refractivity contribution in [3.05, 3.63) is 45.4 Å². The fourth-order valence-corrected chi connectivity index (χ4v) is 4.98. The van der Waals surface area contributed by atoms with E-state index in [1.165, 1.54) is 23.1 Å². The van der Waals surface area contributed by atoms with E-state index >= 15 is 0 Å². The molecule has 0 bridgehead atoms. The molecule has 0 fully saturated rings. The van der Waals surface area contributed by atoms with Gasteiger partial charge in [0, 0.05) is 11.9 Å². The first-order valence-corrected chi connectivity index (χ1v) is 10.9. The number of aromatic nitrogens is 2. The Balaban J connectivity index is 1.87. The molecule has 0 aliphatic rings. The van der Waals surface area contributed by atoms with E-state index in [1.807, 2.05) is 13.0 Å².